The van der Waals surface area contributed by atoms with Crippen LogP contribution in [0.3, 0.4) is 0 Å². The number of ether oxygens (including phenoxy) is 1. The number of hydrogen-bond donors (Lipinski definition) is 2. The molecule has 8 heteroatoms. The van der Waals surface area contributed by atoms with Crippen LogP contribution in [0.25, 0.3) is 0 Å². The normalized spacial score (nSPS) is 17.2. The molecule has 134 valence electrons. The van der Waals surface area contributed by atoms with Crippen molar-refractivity contribution in [3.63, 3.8) is 0 Å². The maximum Gasteiger partial charge on any atom is 0.338 e. The summed E-state index contributed by atoms with van der Waals surface area (Å²) in [4.78, 5) is 37.4. The number of anilines is 1. The van der Waals surface area contributed by atoms with Gasteiger partial charge in [0.15, 0.2) is 0 Å². The lowest BCUT2D eigenvalue weighted by molar-refractivity contribution is -0.139. The molecule has 7 nitrogen and oxygen atoms in total. The second kappa shape index (κ2) is 8.02. The fourth-order valence-corrected chi connectivity index (χ4v) is 2.62. The minimum atomic E-state index is -0.671. The monoisotopic (exact) mass is 365 g/mol. The van der Waals surface area contributed by atoms with Gasteiger partial charge in [0.1, 0.15) is 5.88 Å². The van der Waals surface area contributed by atoms with E-state index in [2.05, 4.69) is 10.6 Å². The van der Waals surface area contributed by atoms with Crippen molar-refractivity contribution in [3.8, 4) is 0 Å². The fraction of sp³-hybridized carbons (Fsp3) is 0.353. The van der Waals surface area contributed by atoms with Gasteiger partial charge in [0, 0.05) is 18.4 Å². The predicted octanol–water partition coefficient (Wildman–Crippen LogP) is 2.40. The number of rotatable bonds is 5. The Bertz CT molecular complexity index is 732. The second-order valence-electron chi connectivity index (χ2n) is 5.47. The second-order valence-corrected chi connectivity index (χ2v) is 5.74. The lowest BCUT2D eigenvalue weighted by Gasteiger charge is -2.33. The van der Waals surface area contributed by atoms with Gasteiger partial charge in [-0.05, 0) is 31.5 Å². The molecule has 1 unspecified atom stereocenters. The van der Waals surface area contributed by atoms with Crippen molar-refractivity contribution in [2.75, 3.05) is 24.9 Å². The Balaban J connectivity index is 2.44. The quantitative estimate of drug-likeness (QED) is 0.619. The summed E-state index contributed by atoms with van der Waals surface area (Å²) in [5.74, 6) is -1.00. The summed E-state index contributed by atoms with van der Waals surface area (Å²) in [6.45, 7) is 3.64. The van der Waals surface area contributed by atoms with E-state index in [1.54, 1.807) is 45.2 Å². The zero-order chi connectivity index (χ0) is 18.6. The van der Waals surface area contributed by atoms with Crippen molar-refractivity contribution in [2.24, 2.45) is 0 Å². The van der Waals surface area contributed by atoms with Crippen LogP contribution in [-0.4, -0.2) is 42.3 Å². The van der Waals surface area contributed by atoms with E-state index in [1.807, 2.05) is 0 Å². The number of nitrogens with one attached hydrogen (secondary N) is 2. The number of esters is 1. The van der Waals surface area contributed by atoms with Gasteiger partial charge < -0.3 is 20.3 Å². The molecule has 0 aliphatic carbocycles. The van der Waals surface area contributed by atoms with E-state index in [-0.39, 0.29) is 24.4 Å². The number of nitrogens with zero attached hydrogens (tertiary/aromatic N) is 1. The lowest BCUT2D eigenvalue weighted by atomic mass is 9.94. The summed E-state index contributed by atoms with van der Waals surface area (Å²) in [5, 5.41) is 5.43. The maximum atomic E-state index is 12.4. The van der Waals surface area contributed by atoms with Gasteiger partial charge in [-0.1, -0.05) is 12.1 Å². The summed E-state index contributed by atoms with van der Waals surface area (Å²) in [7, 11) is 1.58. The van der Waals surface area contributed by atoms with Crippen LogP contribution < -0.4 is 10.6 Å². The topological polar surface area (TPSA) is 87.7 Å². The van der Waals surface area contributed by atoms with E-state index in [4.69, 9.17) is 16.3 Å². The van der Waals surface area contributed by atoms with Crippen LogP contribution in [0.4, 0.5) is 10.5 Å². The Labute approximate surface area is 151 Å². The summed E-state index contributed by atoms with van der Waals surface area (Å²) < 4.78 is 5.14. The highest BCUT2D eigenvalue weighted by atomic mass is 35.5. The van der Waals surface area contributed by atoms with Gasteiger partial charge in [-0.3, -0.25) is 4.79 Å². The van der Waals surface area contributed by atoms with Gasteiger partial charge >= 0.3 is 12.0 Å². The SMILES string of the molecule is CCOC(=O)C1=C(C)N(C)C(=O)NC1c1cccc(NC(=O)CCl)c1. The standard InChI is InChI=1S/C17H20ClN3O4/c1-4-25-16(23)14-10(2)21(3)17(24)20-15(14)11-6-5-7-12(8-11)19-13(22)9-18/h5-8,15H,4,9H2,1-3H3,(H,19,22)(H,20,24). The zero-order valence-electron chi connectivity index (χ0n) is 14.3. The largest absolute Gasteiger partial charge is 0.463 e. The molecule has 25 heavy (non-hydrogen) atoms. The molecule has 1 aliphatic heterocycles. The third-order valence-electron chi connectivity index (χ3n) is 3.87. The first-order valence-corrected chi connectivity index (χ1v) is 8.30. The Morgan fingerprint density at radius 3 is 2.76 bits per heavy atom. The average Bonchev–Trinajstić information content (AvgIpc) is 2.59. The highest BCUT2D eigenvalue weighted by Crippen LogP contribution is 2.31. The summed E-state index contributed by atoms with van der Waals surface area (Å²) in [6, 6.07) is 5.88. The Morgan fingerprint density at radius 1 is 1.40 bits per heavy atom. The zero-order valence-corrected chi connectivity index (χ0v) is 15.0. The molecule has 1 heterocycles. The van der Waals surface area contributed by atoms with E-state index in [0.717, 1.165) is 0 Å². The predicted molar refractivity (Wildman–Crippen MR) is 94.2 cm³/mol. The van der Waals surface area contributed by atoms with Crippen molar-refractivity contribution in [3.05, 3.63) is 41.1 Å². The van der Waals surface area contributed by atoms with Crippen molar-refractivity contribution in [1.29, 1.82) is 0 Å². The van der Waals surface area contributed by atoms with Gasteiger partial charge in [-0.15, -0.1) is 11.6 Å². The molecular weight excluding hydrogens is 346 g/mol. The maximum absolute atomic E-state index is 12.4. The Kier molecular flexibility index (Phi) is 6.03. The molecule has 0 saturated carbocycles. The van der Waals surface area contributed by atoms with E-state index in [1.165, 1.54) is 4.90 Å². The molecular formula is C17H20ClN3O4. The number of benzene rings is 1. The minimum absolute atomic E-state index is 0.164. The minimum Gasteiger partial charge on any atom is -0.463 e. The van der Waals surface area contributed by atoms with Crippen LogP contribution in [-0.2, 0) is 14.3 Å². The molecule has 1 aromatic rings. The molecule has 0 spiro atoms. The van der Waals surface area contributed by atoms with Crippen LogP contribution >= 0.6 is 11.6 Å². The Hall–Kier alpha value is -2.54. The lowest BCUT2D eigenvalue weighted by Crippen LogP contribution is -2.46. The van der Waals surface area contributed by atoms with Gasteiger partial charge in [-0.2, -0.15) is 0 Å². The van der Waals surface area contributed by atoms with Crippen LogP contribution in [0.1, 0.15) is 25.5 Å². The van der Waals surface area contributed by atoms with Crippen molar-refractivity contribution >= 4 is 35.2 Å². The number of alkyl halides is 1. The van der Waals surface area contributed by atoms with Crippen molar-refractivity contribution in [2.45, 2.75) is 19.9 Å². The van der Waals surface area contributed by atoms with Gasteiger partial charge in [-0.25, -0.2) is 9.59 Å². The molecule has 0 aromatic heterocycles. The fourth-order valence-electron chi connectivity index (χ4n) is 2.55. The molecule has 0 saturated heterocycles. The number of urea groups is 1. The Morgan fingerprint density at radius 2 is 2.12 bits per heavy atom. The third kappa shape index (κ3) is 4.11. The highest BCUT2D eigenvalue weighted by Gasteiger charge is 2.35. The molecule has 0 radical (unpaired) electrons. The number of amides is 3. The summed E-state index contributed by atoms with van der Waals surface area (Å²) >= 11 is 5.50. The number of halogens is 1. The number of carbonyl (C=O) groups is 3. The third-order valence-corrected chi connectivity index (χ3v) is 4.12. The van der Waals surface area contributed by atoms with Crippen molar-refractivity contribution in [1.82, 2.24) is 10.2 Å². The molecule has 0 bridgehead atoms. The first kappa shape index (κ1) is 18.8. The number of allylic oxidation sites excluding steroid dienone is 1. The number of hydrogen-bond acceptors (Lipinski definition) is 4. The van der Waals surface area contributed by atoms with E-state index >= 15 is 0 Å². The summed E-state index contributed by atoms with van der Waals surface area (Å²) in [6.07, 6.45) is 0. The van der Waals surface area contributed by atoms with Crippen LogP contribution in [0.5, 0.6) is 0 Å². The van der Waals surface area contributed by atoms with Crippen LogP contribution in [0.2, 0.25) is 0 Å². The average molecular weight is 366 g/mol. The molecule has 1 atom stereocenters. The molecule has 0 fully saturated rings. The van der Waals surface area contributed by atoms with Gasteiger partial charge in [0.05, 0.1) is 18.2 Å². The van der Waals surface area contributed by atoms with Crippen LogP contribution in [0, 0.1) is 0 Å². The first-order chi connectivity index (χ1) is 11.9. The van der Waals surface area contributed by atoms with Crippen LogP contribution in [0.15, 0.2) is 35.5 Å². The van der Waals surface area contributed by atoms with Gasteiger partial charge in [0.25, 0.3) is 0 Å². The number of carbonyl (C=O) groups excluding carboxylic acids is 3. The van der Waals surface area contributed by atoms with E-state index in [9.17, 15) is 14.4 Å². The van der Waals surface area contributed by atoms with E-state index < -0.39 is 12.0 Å². The van der Waals surface area contributed by atoms with E-state index in [0.29, 0.717) is 22.5 Å². The van der Waals surface area contributed by atoms with Gasteiger partial charge in [0.2, 0.25) is 5.91 Å². The molecule has 2 rings (SSSR count). The first-order valence-electron chi connectivity index (χ1n) is 7.76. The highest BCUT2D eigenvalue weighted by molar-refractivity contribution is 6.29. The summed E-state index contributed by atoms with van der Waals surface area (Å²) in [5.41, 5.74) is 2.04. The molecule has 2 N–H and O–H groups in total. The molecule has 1 aliphatic rings. The molecule has 1 aromatic carbocycles. The van der Waals surface area contributed by atoms with Crippen molar-refractivity contribution < 1.29 is 19.1 Å². The smallest absolute Gasteiger partial charge is 0.338 e. The molecule has 3 amide bonds.